The maximum absolute atomic E-state index is 13.9. The zero-order valence-electron chi connectivity index (χ0n) is 10.2. The summed E-state index contributed by atoms with van der Waals surface area (Å²) in [4.78, 5) is 12.2. The van der Waals surface area contributed by atoms with Crippen LogP contribution in [0.4, 0.5) is 8.78 Å². The maximum atomic E-state index is 13.9. The molecule has 0 aliphatic rings. The van der Waals surface area contributed by atoms with E-state index in [0.717, 1.165) is 6.07 Å². The van der Waals surface area contributed by atoms with Crippen molar-refractivity contribution >= 4 is 33.3 Å². The van der Waals surface area contributed by atoms with Gasteiger partial charge in [0.05, 0.1) is 23.3 Å². The van der Waals surface area contributed by atoms with Gasteiger partial charge in [-0.2, -0.15) is 0 Å². The Morgan fingerprint density at radius 2 is 1.85 bits per heavy atom. The molecular formula is C14H8BrClF2O2. The largest absolute Gasteiger partial charge is 0.497 e. The van der Waals surface area contributed by atoms with E-state index < -0.39 is 17.4 Å². The normalized spacial score (nSPS) is 10.4. The molecule has 0 fully saturated rings. The van der Waals surface area contributed by atoms with Crippen LogP contribution in [0.15, 0.2) is 34.8 Å². The molecule has 0 bridgehead atoms. The van der Waals surface area contributed by atoms with E-state index in [4.69, 9.17) is 16.3 Å². The van der Waals surface area contributed by atoms with Crippen LogP contribution in [0.3, 0.4) is 0 Å². The predicted molar refractivity (Wildman–Crippen MR) is 75.5 cm³/mol. The molecule has 0 radical (unpaired) electrons. The molecule has 0 N–H and O–H groups in total. The van der Waals surface area contributed by atoms with Crippen molar-refractivity contribution in [3.8, 4) is 5.75 Å². The molecule has 2 aromatic rings. The van der Waals surface area contributed by atoms with Gasteiger partial charge >= 0.3 is 0 Å². The van der Waals surface area contributed by atoms with Crippen LogP contribution in [0, 0.1) is 11.6 Å². The Morgan fingerprint density at radius 1 is 1.20 bits per heavy atom. The van der Waals surface area contributed by atoms with E-state index in [0.29, 0.717) is 4.47 Å². The van der Waals surface area contributed by atoms with Gasteiger partial charge in [-0.1, -0.05) is 11.6 Å². The summed E-state index contributed by atoms with van der Waals surface area (Å²) in [5, 5.41) is -0.218. The summed E-state index contributed by atoms with van der Waals surface area (Å²) in [7, 11) is 1.38. The van der Waals surface area contributed by atoms with Crippen molar-refractivity contribution in [1.82, 2.24) is 0 Å². The summed E-state index contributed by atoms with van der Waals surface area (Å²) in [5.74, 6) is -2.18. The molecule has 6 heteroatoms. The lowest BCUT2D eigenvalue weighted by atomic mass is 10.0. The van der Waals surface area contributed by atoms with Gasteiger partial charge in [-0.25, -0.2) is 8.78 Å². The van der Waals surface area contributed by atoms with Crippen molar-refractivity contribution in [2.45, 2.75) is 0 Å². The van der Waals surface area contributed by atoms with E-state index in [2.05, 4.69) is 15.9 Å². The van der Waals surface area contributed by atoms with Gasteiger partial charge in [-0.05, 0) is 40.2 Å². The monoisotopic (exact) mass is 360 g/mol. The Kier molecular flexibility index (Phi) is 4.40. The highest BCUT2D eigenvalue weighted by atomic mass is 79.9. The minimum Gasteiger partial charge on any atom is -0.497 e. The Balaban J connectivity index is 2.49. The molecular weight excluding hydrogens is 354 g/mol. The molecule has 20 heavy (non-hydrogen) atoms. The number of ether oxygens (including phenoxy) is 1. The number of methoxy groups -OCH3 is 1. The predicted octanol–water partition coefficient (Wildman–Crippen LogP) is 4.62. The lowest BCUT2D eigenvalue weighted by molar-refractivity contribution is 0.103. The summed E-state index contributed by atoms with van der Waals surface area (Å²) in [6.07, 6.45) is 0. The smallest absolute Gasteiger partial charge is 0.198 e. The average molecular weight is 362 g/mol. The molecule has 0 saturated heterocycles. The van der Waals surface area contributed by atoms with Gasteiger partial charge in [0.15, 0.2) is 11.6 Å². The van der Waals surface area contributed by atoms with Crippen LogP contribution >= 0.6 is 27.5 Å². The highest BCUT2D eigenvalue weighted by molar-refractivity contribution is 9.10. The van der Waals surface area contributed by atoms with Crippen LogP contribution in [-0.4, -0.2) is 12.9 Å². The van der Waals surface area contributed by atoms with E-state index in [-0.39, 0.29) is 21.9 Å². The van der Waals surface area contributed by atoms with Crippen molar-refractivity contribution in [1.29, 1.82) is 0 Å². The average Bonchev–Trinajstić information content (AvgIpc) is 2.44. The number of rotatable bonds is 3. The van der Waals surface area contributed by atoms with Gasteiger partial charge in [0.1, 0.15) is 11.6 Å². The lowest BCUT2D eigenvalue weighted by Gasteiger charge is -2.07. The Bertz CT molecular complexity index is 689. The van der Waals surface area contributed by atoms with E-state index in [1.165, 1.54) is 31.4 Å². The van der Waals surface area contributed by atoms with Crippen molar-refractivity contribution in [2.24, 2.45) is 0 Å². The van der Waals surface area contributed by atoms with Crippen LogP contribution in [0.1, 0.15) is 15.9 Å². The highest BCUT2D eigenvalue weighted by Gasteiger charge is 2.20. The van der Waals surface area contributed by atoms with Crippen LogP contribution in [0.25, 0.3) is 0 Å². The molecule has 0 heterocycles. The fraction of sp³-hybridized carbons (Fsp3) is 0.0714. The van der Waals surface area contributed by atoms with E-state index in [1.54, 1.807) is 0 Å². The number of benzene rings is 2. The van der Waals surface area contributed by atoms with Gasteiger partial charge in [0, 0.05) is 10.5 Å². The number of carbonyl (C=O) groups is 1. The first kappa shape index (κ1) is 14.9. The molecule has 0 aliphatic carbocycles. The summed E-state index contributed by atoms with van der Waals surface area (Å²) < 4.78 is 32.9. The Labute approximate surface area is 127 Å². The van der Waals surface area contributed by atoms with Gasteiger partial charge < -0.3 is 4.74 Å². The van der Waals surface area contributed by atoms with Crippen molar-refractivity contribution in [3.05, 3.63) is 62.6 Å². The molecule has 0 atom stereocenters. The number of halogens is 4. The van der Waals surface area contributed by atoms with Crippen LogP contribution in [0.5, 0.6) is 5.75 Å². The summed E-state index contributed by atoms with van der Waals surface area (Å²) in [6, 6.07) is 6.41. The van der Waals surface area contributed by atoms with Crippen molar-refractivity contribution in [3.63, 3.8) is 0 Å². The number of carbonyl (C=O) groups excluding carboxylic acids is 1. The number of hydrogen-bond donors (Lipinski definition) is 0. The van der Waals surface area contributed by atoms with Gasteiger partial charge in [0.2, 0.25) is 0 Å². The molecule has 2 nitrogen and oxygen atoms in total. The fourth-order valence-corrected chi connectivity index (χ4v) is 2.12. The third-order valence-corrected chi connectivity index (χ3v) is 3.96. The zero-order chi connectivity index (χ0) is 14.9. The van der Waals surface area contributed by atoms with Crippen molar-refractivity contribution < 1.29 is 18.3 Å². The first-order chi connectivity index (χ1) is 9.45. The molecule has 104 valence electrons. The number of ketones is 1. The summed E-state index contributed by atoms with van der Waals surface area (Å²) >= 11 is 8.76. The molecule has 0 aliphatic heterocycles. The maximum Gasteiger partial charge on any atom is 0.198 e. The molecule has 0 unspecified atom stereocenters. The van der Waals surface area contributed by atoms with E-state index in [9.17, 15) is 13.6 Å². The standard InChI is InChI=1S/C14H8BrClF2O2/c1-20-7-2-3-8(11(17)6-7)14(19)9-4-5-10(15)12(16)13(9)18/h2-6H,1H3. The summed E-state index contributed by atoms with van der Waals surface area (Å²) in [6.45, 7) is 0. The third kappa shape index (κ3) is 2.69. The SMILES string of the molecule is COc1ccc(C(=O)c2ccc(Br)c(Cl)c2F)c(F)c1. The van der Waals surface area contributed by atoms with E-state index >= 15 is 0 Å². The fourth-order valence-electron chi connectivity index (χ4n) is 1.65. The summed E-state index contributed by atoms with van der Waals surface area (Å²) in [5.41, 5.74) is -0.537. The third-order valence-electron chi connectivity index (χ3n) is 2.70. The quantitative estimate of drug-likeness (QED) is 0.589. The van der Waals surface area contributed by atoms with Gasteiger partial charge in [-0.3, -0.25) is 4.79 Å². The van der Waals surface area contributed by atoms with E-state index in [1.807, 2.05) is 0 Å². The van der Waals surface area contributed by atoms with Gasteiger partial charge in [0.25, 0.3) is 0 Å². The van der Waals surface area contributed by atoms with Gasteiger partial charge in [-0.15, -0.1) is 0 Å². The molecule has 2 rings (SSSR count). The minimum absolute atomic E-state index is 0.218. The molecule has 0 saturated carbocycles. The number of hydrogen-bond acceptors (Lipinski definition) is 2. The van der Waals surface area contributed by atoms with Crippen LogP contribution < -0.4 is 4.74 Å². The first-order valence-electron chi connectivity index (χ1n) is 5.47. The second-order valence-electron chi connectivity index (χ2n) is 3.90. The molecule has 0 spiro atoms. The Morgan fingerprint density at radius 3 is 2.45 bits per heavy atom. The Hall–Kier alpha value is -1.46. The zero-order valence-corrected chi connectivity index (χ0v) is 12.6. The second-order valence-corrected chi connectivity index (χ2v) is 5.13. The van der Waals surface area contributed by atoms with Crippen LogP contribution in [0.2, 0.25) is 5.02 Å². The van der Waals surface area contributed by atoms with Crippen molar-refractivity contribution in [2.75, 3.05) is 7.11 Å². The minimum atomic E-state index is -0.888. The molecule has 2 aromatic carbocycles. The topological polar surface area (TPSA) is 26.3 Å². The highest BCUT2D eigenvalue weighted by Crippen LogP contribution is 2.29. The second kappa shape index (κ2) is 5.89. The van der Waals surface area contributed by atoms with Crippen LogP contribution in [-0.2, 0) is 0 Å². The molecule has 0 amide bonds. The lowest BCUT2D eigenvalue weighted by Crippen LogP contribution is -2.07. The first-order valence-corrected chi connectivity index (χ1v) is 6.64. The molecule has 0 aromatic heterocycles.